The van der Waals surface area contributed by atoms with Gasteiger partial charge in [0.1, 0.15) is 0 Å². The van der Waals surface area contributed by atoms with Crippen LogP contribution in [0.4, 0.5) is 5.13 Å². The fourth-order valence-electron chi connectivity index (χ4n) is 3.37. The van der Waals surface area contributed by atoms with E-state index in [1.54, 1.807) is 0 Å². The predicted molar refractivity (Wildman–Crippen MR) is 85.7 cm³/mol. The maximum absolute atomic E-state index is 4.78. The molecule has 5 heteroatoms. The predicted octanol–water partition coefficient (Wildman–Crippen LogP) is 2.24. The minimum absolute atomic E-state index is 0.757. The molecule has 0 saturated carbocycles. The van der Waals surface area contributed by atoms with Gasteiger partial charge in [0, 0.05) is 30.6 Å². The number of nitrogens with zero attached hydrogens (tertiary/aromatic N) is 3. The maximum Gasteiger partial charge on any atom is 0.185 e. The lowest BCUT2D eigenvalue weighted by molar-refractivity contribution is 0.175. The molecule has 0 spiro atoms. The molecule has 3 heterocycles. The van der Waals surface area contributed by atoms with Crippen LogP contribution in [0.1, 0.15) is 36.3 Å². The molecule has 2 aliphatic rings. The summed E-state index contributed by atoms with van der Waals surface area (Å²) in [5.41, 5.74) is 1.20. The number of aryl methyl sites for hydroxylation is 1. The van der Waals surface area contributed by atoms with Crippen LogP contribution >= 0.6 is 11.3 Å². The van der Waals surface area contributed by atoms with E-state index in [9.17, 15) is 0 Å². The minimum Gasteiger partial charge on any atom is -0.346 e. The topological polar surface area (TPSA) is 31.4 Å². The largest absolute Gasteiger partial charge is 0.346 e. The first-order valence-corrected chi connectivity index (χ1v) is 8.69. The van der Waals surface area contributed by atoms with Crippen molar-refractivity contribution in [3.8, 4) is 0 Å². The van der Waals surface area contributed by atoms with Crippen LogP contribution in [-0.2, 0) is 6.54 Å². The van der Waals surface area contributed by atoms with Gasteiger partial charge in [-0.3, -0.25) is 4.90 Å². The van der Waals surface area contributed by atoms with Gasteiger partial charge in [0.25, 0.3) is 0 Å². The van der Waals surface area contributed by atoms with Crippen LogP contribution in [0.15, 0.2) is 0 Å². The Kier molecular flexibility index (Phi) is 4.58. The van der Waals surface area contributed by atoms with Gasteiger partial charge in [-0.2, -0.15) is 0 Å². The van der Waals surface area contributed by atoms with Crippen LogP contribution in [-0.4, -0.2) is 49.2 Å². The zero-order chi connectivity index (χ0) is 13.9. The monoisotopic (exact) mass is 294 g/mol. The number of thiazole rings is 1. The summed E-state index contributed by atoms with van der Waals surface area (Å²) in [4.78, 5) is 11.4. The van der Waals surface area contributed by atoms with Crippen LogP contribution in [0.25, 0.3) is 0 Å². The lowest BCUT2D eigenvalue weighted by atomic mass is 10.1. The fourth-order valence-corrected chi connectivity index (χ4v) is 4.48. The molecule has 20 heavy (non-hydrogen) atoms. The fraction of sp³-hybridized carbons (Fsp3) is 0.800. The van der Waals surface area contributed by atoms with Gasteiger partial charge in [0.05, 0.1) is 5.69 Å². The van der Waals surface area contributed by atoms with Gasteiger partial charge in [-0.25, -0.2) is 4.98 Å². The summed E-state index contributed by atoms with van der Waals surface area (Å²) in [6, 6.07) is 0.757. The first-order chi connectivity index (χ1) is 9.78. The second-order valence-corrected chi connectivity index (χ2v) is 7.08. The van der Waals surface area contributed by atoms with Crippen LogP contribution in [0.3, 0.4) is 0 Å². The number of hydrogen-bond acceptors (Lipinski definition) is 5. The van der Waals surface area contributed by atoms with Gasteiger partial charge < -0.3 is 10.2 Å². The van der Waals surface area contributed by atoms with Gasteiger partial charge in [-0.05, 0) is 46.3 Å². The molecular weight excluding hydrogens is 268 g/mol. The second kappa shape index (κ2) is 6.41. The number of anilines is 1. The van der Waals surface area contributed by atoms with Crippen molar-refractivity contribution in [1.29, 1.82) is 0 Å². The van der Waals surface area contributed by atoms with Crippen LogP contribution in [0.5, 0.6) is 0 Å². The van der Waals surface area contributed by atoms with Crippen molar-refractivity contribution in [2.24, 2.45) is 0 Å². The molecule has 2 aliphatic heterocycles. The van der Waals surface area contributed by atoms with E-state index in [2.05, 4.69) is 22.0 Å². The summed E-state index contributed by atoms with van der Waals surface area (Å²) in [7, 11) is 2.00. The number of likely N-dealkylation sites (tertiary alicyclic amines) is 1. The van der Waals surface area contributed by atoms with Crippen molar-refractivity contribution in [3.05, 3.63) is 10.6 Å². The highest BCUT2D eigenvalue weighted by atomic mass is 32.1. The second-order valence-electron chi connectivity index (χ2n) is 6.02. The van der Waals surface area contributed by atoms with E-state index in [1.807, 2.05) is 18.4 Å². The molecule has 3 rings (SSSR count). The summed E-state index contributed by atoms with van der Waals surface area (Å²) < 4.78 is 0. The summed E-state index contributed by atoms with van der Waals surface area (Å²) in [5, 5.41) is 4.46. The molecule has 0 aliphatic carbocycles. The zero-order valence-corrected chi connectivity index (χ0v) is 13.5. The summed E-state index contributed by atoms with van der Waals surface area (Å²) in [5.74, 6) is 0. The van der Waals surface area contributed by atoms with Gasteiger partial charge >= 0.3 is 0 Å². The first-order valence-electron chi connectivity index (χ1n) is 7.88. The van der Waals surface area contributed by atoms with Crippen LogP contribution < -0.4 is 10.2 Å². The van der Waals surface area contributed by atoms with Gasteiger partial charge in [0.15, 0.2) is 5.13 Å². The van der Waals surface area contributed by atoms with Crippen molar-refractivity contribution in [1.82, 2.24) is 15.2 Å². The van der Waals surface area contributed by atoms with E-state index in [4.69, 9.17) is 4.98 Å². The summed E-state index contributed by atoms with van der Waals surface area (Å²) in [6.45, 7) is 8.03. The van der Waals surface area contributed by atoms with Crippen molar-refractivity contribution < 1.29 is 0 Å². The number of rotatable bonds is 4. The average molecular weight is 294 g/mol. The molecule has 0 radical (unpaired) electrons. The molecule has 4 nitrogen and oxygen atoms in total. The molecule has 0 amide bonds. The summed E-state index contributed by atoms with van der Waals surface area (Å²) >= 11 is 1.86. The minimum atomic E-state index is 0.757. The average Bonchev–Trinajstić information content (AvgIpc) is 3.08. The van der Waals surface area contributed by atoms with Crippen molar-refractivity contribution >= 4 is 16.5 Å². The van der Waals surface area contributed by atoms with Crippen LogP contribution in [0, 0.1) is 6.92 Å². The van der Waals surface area contributed by atoms with E-state index in [0.717, 1.165) is 12.6 Å². The third kappa shape index (κ3) is 3.00. The molecule has 0 bridgehead atoms. The Balaban J connectivity index is 1.62. The number of piperidine rings is 1. The molecule has 1 atom stereocenters. The van der Waals surface area contributed by atoms with Gasteiger partial charge in [-0.1, -0.05) is 6.42 Å². The first kappa shape index (κ1) is 14.3. The number of hydrogen-bond donors (Lipinski definition) is 1. The molecule has 1 unspecified atom stereocenters. The SMILES string of the molecule is CNCc1sc(N2CCC(N3CCCCC3)C2)nc1C. The smallest absolute Gasteiger partial charge is 0.185 e. The molecule has 1 aromatic rings. The third-order valence-electron chi connectivity index (χ3n) is 4.56. The molecule has 1 aromatic heterocycles. The Morgan fingerprint density at radius 3 is 2.80 bits per heavy atom. The van der Waals surface area contributed by atoms with E-state index < -0.39 is 0 Å². The lowest BCUT2D eigenvalue weighted by Gasteiger charge is -2.32. The quantitative estimate of drug-likeness (QED) is 0.923. The molecule has 2 saturated heterocycles. The molecular formula is C15H26N4S. The van der Waals surface area contributed by atoms with E-state index in [-0.39, 0.29) is 0 Å². The third-order valence-corrected chi connectivity index (χ3v) is 5.78. The van der Waals surface area contributed by atoms with E-state index in [1.165, 1.54) is 67.6 Å². The van der Waals surface area contributed by atoms with Crippen molar-refractivity contribution in [3.63, 3.8) is 0 Å². The van der Waals surface area contributed by atoms with Crippen molar-refractivity contribution in [2.45, 2.75) is 45.2 Å². The Morgan fingerprint density at radius 2 is 2.05 bits per heavy atom. The van der Waals surface area contributed by atoms with Gasteiger partial charge in [0.2, 0.25) is 0 Å². The normalized spacial score (nSPS) is 24.5. The number of aromatic nitrogens is 1. The number of nitrogens with one attached hydrogen (secondary N) is 1. The molecule has 1 N–H and O–H groups in total. The Morgan fingerprint density at radius 1 is 1.25 bits per heavy atom. The van der Waals surface area contributed by atoms with E-state index >= 15 is 0 Å². The maximum atomic E-state index is 4.78. The lowest BCUT2D eigenvalue weighted by Crippen LogP contribution is -2.40. The van der Waals surface area contributed by atoms with E-state index in [0.29, 0.717) is 0 Å². The summed E-state index contributed by atoms with van der Waals surface area (Å²) in [6.07, 6.45) is 5.50. The Labute approximate surface area is 126 Å². The standard InChI is InChI=1S/C15H26N4S/c1-12-14(10-16-2)20-15(17-12)19-9-6-13(11-19)18-7-4-3-5-8-18/h13,16H,3-11H2,1-2H3. The molecule has 112 valence electrons. The van der Waals surface area contributed by atoms with Gasteiger partial charge in [-0.15, -0.1) is 11.3 Å². The van der Waals surface area contributed by atoms with Crippen LogP contribution in [0.2, 0.25) is 0 Å². The van der Waals surface area contributed by atoms with Crippen molar-refractivity contribution in [2.75, 3.05) is 38.1 Å². The Bertz CT molecular complexity index is 439. The zero-order valence-electron chi connectivity index (χ0n) is 12.7. The highest BCUT2D eigenvalue weighted by Crippen LogP contribution is 2.30. The molecule has 0 aromatic carbocycles. The highest BCUT2D eigenvalue weighted by Gasteiger charge is 2.30. The molecule has 2 fully saturated rings. The Hall–Kier alpha value is -0.650. The highest BCUT2D eigenvalue weighted by molar-refractivity contribution is 7.15.